The Hall–Kier alpha value is -2.13. The number of aliphatic hydroxyl groups excluding tert-OH is 1. The second-order valence-electron chi connectivity index (χ2n) is 9.35. The van der Waals surface area contributed by atoms with E-state index in [1.807, 2.05) is 6.92 Å². The van der Waals surface area contributed by atoms with Crippen molar-refractivity contribution in [3.8, 4) is 0 Å². The molecule has 2 aliphatic rings. The summed E-state index contributed by atoms with van der Waals surface area (Å²) in [5.41, 5.74) is 7.91. The van der Waals surface area contributed by atoms with Gasteiger partial charge in [0.05, 0.1) is 23.2 Å². The van der Waals surface area contributed by atoms with Crippen LogP contribution in [0.4, 0.5) is 4.79 Å². The minimum absolute atomic E-state index is 0.0470. The number of primary amides is 1. The average Bonchev–Trinajstić information content (AvgIpc) is 3.33. The summed E-state index contributed by atoms with van der Waals surface area (Å²) in [5.74, 6) is -0.103. The number of nitrogens with two attached hydrogens (primary N) is 1. The number of nitrogens with one attached hydrogen (secondary N) is 1. The van der Waals surface area contributed by atoms with E-state index in [1.165, 1.54) is 35.5 Å². The Balaban J connectivity index is 1.55. The number of urea groups is 1. The van der Waals surface area contributed by atoms with Crippen LogP contribution in [-0.4, -0.2) is 58.0 Å². The van der Waals surface area contributed by atoms with Gasteiger partial charge in [-0.3, -0.25) is 9.48 Å². The van der Waals surface area contributed by atoms with Crippen molar-refractivity contribution in [2.45, 2.75) is 82.7 Å². The number of thiophene rings is 1. The molecule has 0 unspecified atom stereocenters. The molecule has 0 spiro atoms. The van der Waals surface area contributed by atoms with Gasteiger partial charge in [-0.05, 0) is 56.9 Å². The predicted octanol–water partition coefficient (Wildman–Crippen LogP) is 3.67. The number of aryl methyl sites for hydroxylation is 1. The van der Waals surface area contributed by atoms with Crippen LogP contribution in [0.2, 0.25) is 0 Å². The number of hydrogen-bond acceptors (Lipinski definition) is 5. The van der Waals surface area contributed by atoms with E-state index in [2.05, 4.69) is 10.00 Å². The molecule has 0 aliphatic heterocycles. The first-order chi connectivity index (χ1) is 15.4. The van der Waals surface area contributed by atoms with Crippen LogP contribution in [0.3, 0.4) is 0 Å². The molecule has 0 bridgehead atoms. The first kappa shape index (κ1) is 23.0. The molecule has 2 heterocycles. The maximum Gasteiger partial charge on any atom is 0.317 e. The van der Waals surface area contributed by atoms with E-state index in [0.717, 1.165) is 60.0 Å². The van der Waals surface area contributed by atoms with Crippen molar-refractivity contribution in [2.24, 2.45) is 5.73 Å². The van der Waals surface area contributed by atoms with Crippen LogP contribution in [0.5, 0.6) is 0 Å². The molecule has 2 saturated carbocycles. The van der Waals surface area contributed by atoms with Gasteiger partial charge in [-0.25, -0.2) is 4.79 Å². The molecule has 2 aromatic rings. The third-order valence-electron chi connectivity index (χ3n) is 7.14. The second-order valence-corrected chi connectivity index (χ2v) is 10.4. The molecule has 3 amide bonds. The van der Waals surface area contributed by atoms with Gasteiger partial charge in [-0.1, -0.05) is 19.3 Å². The van der Waals surface area contributed by atoms with Crippen molar-refractivity contribution < 1.29 is 14.7 Å². The van der Waals surface area contributed by atoms with Crippen molar-refractivity contribution in [2.75, 3.05) is 20.2 Å². The molecule has 0 aromatic carbocycles. The molecule has 2 fully saturated rings. The van der Waals surface area contributed by atoms with Crippen molar-refractivity contribution >= 4 is 33.5 Å². The topological polar surface area (TPSA) is 113 Å². The van der Waals surface area contributed by atoms with Crippen LogP contribution in [-0.2, 0) is 0 Å². The summed E-state index contributed by atoms with van der Waals surface area (Å²) < 4.78 is 2.17. The zero-order chi connectivity index (χ0) is 22.8. The number of aliphatic hydroxyl groups is 1. The molecule has 32 heavy (non-hydrogen) atoms. The molecule has 8 nitrogen and oxygen atoms in total. The first-order valence-electron chi connectivity index (χ1n) is 11.8. The molecular weight excluding hydrogens is 426 g/mol. The fourth-order valence-corrected chi connectivity index (χ4v) is 6.72. The van der Waals surface area contributed by atoms with Crippen LogP contribution < -0.4 is 11.1 Å². The van der Waals surface area contributed by atoms with Gasteiger partial charge >= 0.3 is 6.03 Å². The molecular formula is C23H35N5O3S. The minimum atomic E-state index is -0.350. The Labute approximate surface area is 193 Å². The molecule has 176 valence electrons. The third kappa shape index (κ3) is 4.50. The number of likely N-dealkylation sites (N-methyl/N-ethyl adjacent to an activating group) is 1. The standard InChI is InChI=1S/C23H35N5O3S/c1-14-18-19(15-8-10-16(11-9-15)25-23(31)27(2)12-13-29)20(21(24)30)32-22(18)28(26-14)17-6-4-3-5-7-17/h15-17,29H,3-13H2,1-2H3,(H2,24,30)(H,25,31). The Morgan fingerprint density at radius 2 is 1.88 bits per heavy atom. The first-order valence-corrected chi connectivity index (χ1v) is 12.7. The molecule has 2 aliphatic carbocycles. The van der Waals surface area contributed by atoms with Gasteiger partial charge in [0, 0.05) is 25.0 Å². The molecule has 2 aromatic heterocycles. The lowest BCUT2D eigenvalue weighted by Crippen LogP contribution is -2.45. The molecule has 4 rings (SSSR count). The SMILES string of the molecule is Cc1nn(C2CCCCC2)c2sc(C(N)=O)c(C3CCC(NC(=O)N(C)CCO)CC3)c12. The number of amides is 3. The molecule has 4 N–H and O–H groups in total. The van der Waals surface area contributed by atoms with Crippen LogP contribution in [0, 0.1) is 6.92 Å². The van der Waals surface area contributed by atoms with Crippen LogP contribution >= 0.6 is 11.3 Å². The summed E-state index contributed by atoms with van der Waals surface area (Å²) in [4.78, 5) is 27.9. The van der Waals surface area contributed by atoms with E-state index in [0.29, 0.717) is 17.5 Å². The van der Waals surface area contributed by atoms with Gasteiger partial charge in [-0.15, -0.1) is 11.3 Å². The second kappa shape index (κ2) is 9.79. The number of carbonyl (C=O) groups is 2. The van der Waals surface area contributed by atoms with Gasteiger partial charge in [-0.2, -0.15) is 5.10 Å². The largest absolute Gasteiger partial charge is 0.395 e. The number of aromatic nitrogens is 2. The van der Waals surface area contributed by atoms with Gasteiger partial charge < -0.3 is 21.1 Å². The maximum atomic E-state index is 12.4. The fraction of sp³-hybridized carbons (Fsp3) is 0.696. The number of nitrogens with zero attached hydrogens (tertiary/aromatic N) is 3. The van der Waals surface area contributed by atoms with E-state index < -0.39 is 0 Å². The minimum Gasteiger partial charge on any atom is -0.395 e. The van der Waals surface area contributed by atoms with E-state index in [4.69, 9.17) is 15.9 Å². The Morgan fingerprint density at radius 1 is 1.19 bits per heavy atom. The van der Waals surface area contributed by atoms with Crippen LogP contribution in [0.15, 0.2) is 0 Å². The summed E-state index contributed by atoms with van der Waals surface area (Å²) in [6.45, 7) is 2.32. The Morgan fingerprint density at radius 3 is 2.50 bits per heavy atom. The molecule has 0 atom stereocenters. The number of carbonyl (C=O) groups excluding carboxylic acids is 2. The van der Waals surface area contributed by atoms with Gasteiger partial charge in [0.1, 0.15) is 4.83 Å². The number of fused-ring (bicyclic) bond motifs is 1. The van der Waals surface area contributed by atoms with E-state index in [-0.39, 0.29) is 30.5 Å². The van der Waals surface area contributed by atoms with Crippen molar-refractivity contribution in [3.05, 3.63) is 16.1 Å². The summed E-state index contributed by atoms with van der Waals surface area (Å²) >= 11 is 1.51. The normalized spacial score (nSPS) is 22.2. The lowest BCUT2D eigenvalue weighted by Gasteiger charge is -2.30. The van der Waals surface area contributed by atoms with E-state index >= 15 is 0 Å². The lowest BCUT2D eigenvalue weighted by molar-refractivity contribution is 0.100. The Kier molecular flexibility index (Phi) is 7.05. The van der Waals surface area contributed by atoms with Gasteiger partial charge in [0.2, 0.25) is 0 Å². The quantitative estimate of drug-likeness (QED) is 0.609. The predicted molar refractivity (Wildman–Crippen MR) is 126 cm³/mol. The van der Waals surface area contributed by atoms with E-state index in [1.54, 1.807) is 7.05 Å². The van der Waals surface area contributed by atoms with E-state index in [9.17, 15) is 9.59 Å². The summed E-state index contributed by atoms with van der Waals surface area (Å²) in [6.07, 6.45) is 9.55. The highest BCUT2D eigenvalue weighted by Gasteiger charge is 2.32. The smallest absolute Gasteiger partial charge is 0.317 e. The van der Waals surface area contributed by atoms with Crippen molar-refractivity contribution in [1.29, 1.82) is 0 Å². The highest BCUT2D eigenvalue weighted by Crippen LogP contribution is 2.45. The summed E-state index contributed by atoms with van der Waals surface area (Å²) in [7, 11) is 1.69. The highest BCUT2D eigenvalue weighted by molar-refractivity contribution is 7.20. The van der Waals surface area contributed by atoms with Crippen LogP contribution in [0.25, 0.3) is 10.2 Å². The fourth-order valence-electron chi connectivity index (χ4n) is 5.41. The average molecular weight is 462 g/mol. The number of rotatable bonds is 6. The molecule has 0 saturated heterocycles. The van der Waals surface area contributed by atoms with Crippen molar-refractivity contribution in [1.82, 2.24) is 20.0 Å². The lowest BCUT2D eigenvalue weighted by atomic mass is 9.80. The summed E-state index contributed by atoms with van der Waals surface area (Å²) in [6, 6.07) is 0.369. The Bertz CT molecular complexity index is 970. The maximum absolute atomic E-state index is 12.4. The molecule has 0 radical (unpaired) electrons. The zero-order valence-electron chi connectivity index (χ0n) is 19.1. The van der Waals surface area contributed by atoms with Gasteiger partial charge in [0.25, 0.3) is 5.91 Å². The monoisotopic (exact) mass is 461 g/mol. The zero-order valence-corrected chi connectivity index (χ0v) is 19.9. The third-order valence-corrected chi connectivity index (χ3v) is 8.35. The van der Waals surface area contributed by atoms with Crippen molar-refractivity contribution in [3.63, 3.8) is 0 Å². The number of hydrogen-bond donors (Lipinski definition) is 3. The van der Waals surface area contributed by atoms with Crippen LogP contribution in [0.1, 0.15) is 90.7 Å². The highest BCUT2D eigenvalue weighted by atomic mass is 32.1. The van der Waals surface area contributed by atoms with Gasteiger partial charge in [0.15, 0.2) is 0 Å². The molecule has 9 heteroatoms. The summed E-state index contributed by atoms with van der Waals surface area (Å²) in [5, 5.41) is 18.1.